The molecule has 0 radical (unpaired) electrons. The first kappa shape index (κ1) is 18.3. The molecule has 7 heteroatoms. The van der Waals surface area contributed by atoms with Crippen molar-refractivity contribution in [1.82, 2.24) is 5.01 Å². The second-order valence-corrected chi connectivity index (χ2v) is 6.68. The van der Waals surface area contributed by atoms with Gasteiger partial charge in [0.15, 0.2) is 18.2 Å². The summed E-state index contributed by atoms with van der Waals surface area (Å²) >= 11 is 5.95. The first-order valence-corrected chi connectivity index (χ1v) is 9.06. The van der Waals surface area contributed by atoms with Gasteiger partial charge in [0, 0.05) is 11.4 Å². The molecule has 4 rings (SSSR count). The number of nitrogens with zero attached hydrogens (tertiary/aromatic N) is 2. The van der Waals surface area contributed by atoms with Gasteiger partial charge < -0.3 is 9.15 Å². The Morgan fingerprint density at radius 3 is 2.68 bits per heavy atom. The minimum absolute atomic E-state index is 0.0199. The van der Waals surface area contributed by atoms with Crippen molar-refractivity contribution in [1.29, 1.82) is 0 Å². The summed E-state index contributed by atoms with van der Waals surface area (Å²) in [5.41, 5.74) is 1.60. The maximum Gasteiger partial charge on any atom is 0.281 e. The molecule has 0 bridgehead atoms. The van der Waals surface area contributed by atoms with Gasteiger partial charge in [0.25, 0.3) is 5.91 Å². The average molecular weight is 399 g/mol. The van der Waals surface area contributed by atoms with Gasteiger partial charge in [0.05, 0.1) is 12.0 Å². The van der Waals surface area contributed by atoms with Crippen molar-refractivity contribution in [2.75, 3.05) is 6.61 Å². The molecule has 1 amide bonds. The fraction of sp³-hybridized carbons (Fsp3) is 0.143. The number of amides is 1. The Labute approximate surface area is 166 Å². The van der Waals surface area contributed by atoms with Gasteiger partial charge in [0.2, 0.25) is 0 Å². The summed E-state index contributed by atoms with van der Waals surface area (Å²) in [6, 6.07) is 16.3. The number of furan rings is 1. The van der Waals surface area contributed by atoms with E-state index in [1.54, 1.807) is 42.7 Å². The lowest BCUT2D eigenvalue weighted by Crippen LogP contribution is -2.31. The van der Waals surface area contributed by atoms with Crippen LogP contribution in [0.15, 0.2) is 76.4 Å². The lowest BCUT2D eigenvalue weighted by Gasteiger charge is -2.20. The molecule has 0 saturated carbocycles. The highest BCUT2D eigenvalue weighted by atomic mass is 35.5. The van der Waals surface area contributed by atoms with Crippen molar-refractivity contribution in [3.8, 4) is 5.75 Å². The van der Waals surface area contributed by atoms with E-state index in [9.17, 15) is 9.18 Å². The third-order valence-electron chi connectivity index (χ3n) is 4.40. The van der Waals surface area contributed by atoms with Gasteiger partial charge >= 0.3 is 0 Å². The molecule has 2 heterocycles. The number of rotatable bonds is 5. The topological polar surface area (TPSA) is 55.0 Å². The highest BCUT2D eigenvalue weighted by Gasteiger charge is 2.35. The summed E-state index contributed by atoms with van der Waals surface area (Å²) in [6.45, 7) is -0.338. The van der Waals surface area contributed by atoms with E-state index in [0.29, 0.717) is 17.2 Å². The van der Waals surface area contributed by atoms with Crippen LogP contribution in [-0.4, -0.2) is 23.2 Å². The molecule has 5 nitrogen and oxygen atoms in total. The van der Waals surface area contributed by atoms with E-state index in [1.807, 2.05) is 12.1 Å². The Hall–Kier alpha value is -3.12. The predicted octanol–water partition coefficient (Wildman–Crippen LogP) is 4.83. The molecule has 0 saturated heterocycles. The van der Waals surface area contributed by atoms with Crippen molar-refractivity contribution < 1.29 is 18.3 Å². The Morgan fingerprint density at radius 1 is 1.18 bits per heavy atom. The van der Waals surface area contributed by atoms with Crippen molar-refractivity contribution in [2.24, 2.45) is 5.10 Å². The minimum atomic E-state index is -0.523. The molecule has 1 atom stereocenters. The molecular formula is C21H16ClFN2O3. The smallest absolute Gasteiger partial charge is 0.281 e. The zero-order valence-electron chi connectivity index (χ0n) is 14.7. The van der Waals surface area contributed by atoms with Gasteiger partial charge in [-0.25, -0.2) is 9.40 Å². The zero-order valence-corrected chi connectivity index (χ0v) is 15.5. The van der Waals surface area contributed by atoms with Crippen LogP contribution in [0.25, 0.3) is 0 Å². The van der Waals surface area contributed by atoms with Gasteiger partial charge in [-0.3, -0.25) is 4.79 Å². The molecule has 2 aromatic carbocycles. The molecule has 0 fully saturated rings. The van der Waals surface area contributed by atoms with Crippen molar-refractivity contribution >= 4 is 23.2 Å². The number of para-hydroxylation sites is 1. The quantitative estimate of drug-likeness (QED) is 0.618. The molecule has 3 aromatic rings. The molecule has 0 aliphatic carbocycles. The van der Waals surface area contributed by atoms with Gasteiger partial charge in [-0.15, -0.1) is 0 Å². The van der Waals surface area contributed by atoms with E-state index in [2.05, 4.69) is 5.10 Å². The first-order chi connectivity index (χ1) is 13.6. The first-order valence-electron chi connectivity index (χ1n) is 8.68. The SMILES string of the molecule is O=C(COc1ccccc1F)N1N=C(c2ccc(Cl)cc2)C[C@@H]1c1ccco1. The molecule has 1 aromatic heterocycles. The number of carbonyl (C=O) groups is 1. The predicted molar refractivity (Wildman–Crippen MR) is 103 cm³/mol. The van der Waals surface area contributed by atoms with Crippen LogP contribution in [0, 0.1) is 5.82 Å². The van der Waals surface area contributed by atoms with Crippen LogP contribution >= 0.6 is 11.6 Å². The highest BCUT2D eigenvalue weighted by Crippen LogP contribution is 2.33. The second-order valence-electron chi connectivity index (χ2n) is 6.25. The Bertz CT molecular complexity index is 1000. The van der Waals surface area contributed by atoms with Crippen LogP contribution in [0.2, 0.25) is 5.02 Å². The number of ether oxygens (including phenoxy) is 1. The summed E-state index contributed by atoms with van der Waals surface area (Å²) in [6.07, 6.45) is 2.04. The minimum Gasteiger partial charge on any atom is -0.481 e. The van der Waals surface area contributed by atoms with E-state index < -0.39 is 17.8 Å². The van der Waals surface area contributed by atoms with E-state index >= 15 is 0 Å². The summed E-state index contributed by atoms with van der Waals surface area (Å²) in [5.74, 6) is -0.281. The van der Waals surface area contributed by atoms with Gasteiger partial charge in [-0.2, -0.15) is 5.10 Å². The van der Waals surface area contributed by atoms with E-state index in [4.69, 9.17) is 20.8 Å². The summed E-state index contributed by atoms with van der Waals surface area (Å²) in [4.78, 5) is 12.8. The number of hydrogen-bond donors (Lipinski definition) is 0. The van der Waals surface area contributed by atoms with Crippen molar-refractivity contribution in [3.63, 3.8) is 0 Å². The maximum atomic E-state index is 13.7. The lowest BCUT2D eigenvalue weighted by atomic mass is 10.0. The Balaban J connectivity index is 1.56. The lowest BCUT2D eigenvalue weighted by molar-refractivity contribution is -0.135. The van der Waals surface area contributed by atoms with Gasteiger partial charge in [-0.05, 0) is 42.0 Å². The maximum absolute atomic E-state index is 13.7. The fourth-order valence-corrected chi connectivity index (χ4v) is 3.15. The third-order valence-corrected chi connectivity index (χ3v) is 4.65. The van der Waals surface area contributed by atoms with Crippen LogP contribution in [0.1, 0.15) is 23.8 Å². The van der Waals surface area contributed by atoms with Crippen molar-refractivity contribution in [2.45, 2.75) is 12.5 Å². The average Bonchev–Trinajstić information content (AvgIpc) is 3.37. The van der Waals surface area contributed by atoms with Crippen LogP contribution in [0.5, 0.6) is 5.75 Å². The third kappa shape index (κ3) is 3.77. The molecule has 142 valence electrons. The number of hydrazone groups is 1. The number of carbonyl (C=O) groups excluding carboxylic acids is 1. The van der Waals surface area contributed by atoms with Crippen LogP contribution in [0.4, 0.5) is 4.39 Å². The normalized spacial score (nSPS) is 16.1. The molecule has 0 N–H and O–H groups in total. The number of halogens is 2. The summed E-state index contributed by atoms with van der Waals surface area (Å²) in [7, 11) is 0. The second kappa shape index (κ2) is 7.86. The van der Waals surface area contributed by atoms with Crippen LogP contribution in [0.3, 0.4) is 0 Å². The Kier molecular flexibility index (Phi) is 5.12. The molecule has 0 unspecified atom stereocenters. The van der Waals surface area contributed by atoms with E-state index in [0.717, 1.165) is 11.3 Å². The molecular weight excluding hydrogens is 383 g/mol. The van der Waals surface area contributed by atoms with Crippen LogP contribution in [-0.2, 0) is 4.79 Å². The standard InChI is InChI=1S/C21H16ClFN2O3/c22-15-9-7-14(8-10-15)17-12-18(20-6-3-11-27-20)25(24-17)21(26)13-28-19-5-2-1-4-16(19)23/h1-11,18H,12-13H2/t18-/m1/s1. The van der Waals surface area contributed by atoms with Gasteiger partial charge in [0.1, 0.15) is 11.8 Å². The monoisotopic (exact) mass is 398 g/mol. The summed E-state index contributed by atoms with van der Waals surface area (Å²) in [5, 5.41) is 6.44. The highest BCUT2D eigenvalue weighted by molar-refractivity contribution is 6.30. The molecule has 1 aliphatic rings. The van der Waals surface area contributed by atoms with Crippen molar-refractivity contribution in [3.05, 3.63) is 89.1 Å². The van der Waals surface area contributed by atoms with Gasteiger partial charge in [-0.1, -0.05) is 35.9 Å². The fourth-order valence-electron chi connectivity index (χ4n) is 3.03. The molecule has 1 aliphatic heterocycles. The summed E-state index contributed by atoms with van der Waals surface area (Å²) < 4.78 is 24.6. The Morgan fingerprint density at radius 2 is 1.96 bits per heavy atom. The zero-order chi connectivity index (χ0) is 19.5. The largest absolute Gasteiger partial charge is 0.481 e. The van der Waals surface area contributed by atoms with Crippen LogP contribution < -0.4 is 4.74 Å². The molecule has 28 heavy (non-hydrogen) atoms. The number of hydrogen-bond acceptors (Lipinski definition) is 4. The van der Waals surface area contributed by atoms with E-state index in [-0.39, 0.29) is 12.4 Å². The number of benzene rings is 2. The molecule has 0 spiro atoms. The van der Waals surface area contributed by atoms with E-state index in [1.165, 1.54) is 17.1 Å².